The first-order valence-electron chi connectivity index (χ1n) is 7.87. The van der Waals surface area contributed by atoms with E-state index in [0.717, 1.165) is 11.1 Å². The van der Waals surface area contributed by atoms with Crippen molar-refractivity contribution in [2.75, 3.05) is 12.4 Å². The lowest BCUT2D eigenvalue weighted by Crippen LogP contribution is -2.33. The molecule has 0 saturated carbocycles. The Morgan fingerprint density at radius 2 is 1.76 bits per heavy atom. The largest absolute Gasteiger partial charge is 0.481 e. The van der Waals surface area contributed by atoms with E-state index >= 15 is 0 Å². The third kappa shape index (κ3) is 3.47. The van der Waals surface area contributed by atoms with Crippen LogP contribution in [0, 0.1) is 0 Å². The molecule has 0 unspecified atom stereocenters. The number of rotatable bonds is 3. The normalized spacial score (nSPS) is 18.2. The van der Waals surface area contributed by atoms with Crippen LogP contribution in [0.5, 0.6) is 0 Å². The Balaban J connectivity index is 2.13. The highest BCUT2D eigenvalue weighted by molar-refractivity contribution is 6.05. The molecule has 128 valence electrons. The molecule has 0 bridgehead atoms. The summed E-state index contributed by atoms with van der Waals surface area (Å²) in [6.45, 7) is 1.36. The summed E-state index contributed by atoms with van der Waals surface area (Å²) in [4.78, 5) is 24.1. The van der Waals surface area contributed by atoms with Gasteiger partial charge in [0.05, 0.1) is 13.2 Å². The van der Waals surface area contributed by atoms with Crippen LogP contribution >= 0.6 is 0 Å². The molecule has 3 rings (SSSR count). The zero-order chi connectivity index (χ0) is 17.8. The summed E-state index contributed by atoms with van der Waals surface area (Å²) in [5.41, 5.74) is 2.79. The molecule has 2 aromatic carbocycles. The molecule has 0 aromatic heterocycles. The molecule has 3 N–H and O–H groups in total. The summed E-state index contributed by atoms with van der Waals surface area (Å²) < 4.78 is 5.23. The number of para-hydroxylation sites is 1. The minimum atomic E-state index is -0.378. The summed E-state index contributed by atoms with van der Waals surface area (Å²) in [7, 11) is 1.41. The predicted molar refractivity (Wildman–Crippen MR) is 94.3 cm³/mol. The van der Waals surface area contributed by atoms with Gasteiger partial charge in [0.1, 0.15) is 0 Å². The average Bonchev–Trinajstić information content (AvgIpc) is 2.76. The Labute approximate surface area is 145 Å². The van der Waals surface area contributed by atoms with Crippen LogP contribution in [-0.4, -0.2) is 18.9 Å². The minimum Gasteiger partial charge on any atom is -0.481 e. The zero-order valence-corrected chi connectivity index (χ0v) is 14.0. The topological polar surface area (TPSA) is 79.5 Å². The molecule has 0 aliphatic carbocycles. The van der Waals surface area contributed by atoms with Gasteiger partial charge in [-0.25, -0.2) is 0 Å². The first-order chi connectivity index (χ1) is 12.1. The Hall–Kier alpha value is -3.28. The Bertz CT molecular complexity index is 831. The van der Waals surface area contributed by atoms with Gasteiger partial charge in [0, 0.05) is 18.2 Å². The van der Waals surface area contributed by atoms with E-state index in [4.69, 9.17) is 4.74 Å². The van der Waals surface area contributed by atoms with Gasteiger partial charge in [-0.3, -0.25) is 14.9 Å². The molecule has 1 aliphatic rings. The van der Waals surface area contributed by atoms with Crippen molar-refractivity contribution in [3.05, 3.63) is 77.3 Å². The number of ether oxygens (including phenoxy) is 1. The van der Waals surface area contributed by atoms with Gasteiger partial charge < -0.3 is 15.4 Å². The average molecular weight is 337 g/mol. The van der Waals surface area contributed by atoms with Crippen molar-refractivity contribution in [3.8, 4) is 0 Å². The Kier molecular flexibility index (Phi) is 4.70. The number of hydrogen-bond acceptors (Lipinski definition) is 4. The highest BCUT2D eigenvalue weighted by Gasteiger charge is 2.29. The number of benzene rings is 2. The summed E-state index contributed by atoms with van der Waals surface area (Å²) in [6.07, 6.45) is 0. The lowest BCUT2D eigenvalue weighted by Gasteiger charge is -2.21. The van der Waals surface area contributed by atoms with Gasteiger partial charge in [0.15, 0.2) is 5.70 Å². The second-order valence-corrected chi connectivity index (χ2v) is 5.62. The van der Waals surface area contributed by atoms with E-state index in [1.807, 2.05) is 54.6 Å². The van der Waals surface area contributed by atoms with Crippen molar-refractivity contribution in [1.82, 2.24) is 10.6 Å². The molecule has 2 amide bonds. The van der Waals surface area contributed by atoms with Crippen molar-refractivity contribution in [1.29, 1.82) is 0 Å². The van der Waals surface area contributed by atoms with E-state index in [-0.39, 0.29) is 29.4 Å². The quantitative estimate of drug-likeness (QED) is 0.593. The van der Waals surface area contributed by atoms with Gasteiger partial charge in [-0.15, -0.1) is 0 Å². The van der Waals surface area contributed by atoms with Crippen LogP contribution in [-0.2, 0) is 14.3 Å². The van der Waals surface area contributed by atoms with Gasteiger partial charge in [-0.2, -0.15) is 0 Å². The van der Waals surface area contributed by atoms with E-state index in [1.54, 1.807) is 0 Å². The molecule has 0 spiro atoms. The summed E-state index contributed by atoms with van der Waals surface area (Å²) in [6, 6.07) is 17.1. The monoisotopic (exact) mass is 337 g/mol. The van der Waals surface area contributed by atoms with Crippen LogP contribution in [0.15, 0.2) is 66.2 Å². The lowest BCUT2D eigenvalue weighted by molar-refractivity contribution is -0.119. The van der Waals surface area contributed by atoms with Gasteiger partial charge in [0.25, 0.3) is 5.91 Å². The van der Waals surface area contributed by atoms with Crippen molar-refractivity contribution in [2.24, 2.45) is 0 Å². The van der Waals surface area contributed by atoms with E-state index < -0.39 is 0 Å². The number of carbonyl (C=O) groups is 2. The lowest BCUT2D eigenvalue weighted by atomic mass is 9.97. The van der Waals surface area contributed by atoms with Gasteiger partial charge in [-0.1, -0.05) is 48.5 Å². The molecule has 25 heavy (non-hydrogen) atoms. The van der Waals surface area contributed by atoms with Crippen LogP contribution in [0.3, 0.4) is 0 Å². The maximum atomic E-state index is 12.7. The number of methoxy groups -OCH3 is 1. The van der Waals surface area contributed by atoms with Gasteiger partial charge in [-0.05, 0) is 11.6 Å². The number of amides is 2. The summed E-state index contributed by atoms with van der Waals surface area (Å²) in [5.74, 6) is -0.618. The highest BCUT2D eigenvalue weighted by Crippen LogP contribution is 2.32. The summed E-state index contributed by atoms with van der Waals surface area (Å²) >= 11 is 0. The molecule has 6 heteroatoms. The Morgan fingerprint density at radius 1 is 1.08 bits per heavy atom. The molecule has 0 radical (unpaired) electrons. The molecule has 0 fully saturated rings. The molecule has 1 atom stereocenters. The van der Waals surface area contributed by atoms with Crippen molar-refractivity contribution >= 4 is 17.5 Å². The SMILES string of the molecule is CO/C(NC(C)=O)=C1\N[C@@H](c2ccccc2)c2ccccc2NC1=O. The third-order valence-corrected chi connectivity index (χ3v) is 3.89. The van der Waals surface area contributed by atoms with Gasteiger partial charge >= 0.3 is 0 Å². The molecule has 0 saturated heterocycles. The highest BCUT2D eigenvalue weighted by atomic mass is 16.5. The van der Waals surface area contributed by atoms with Crippen molar-refractivity contribution in [3.63, 3.8) is 0 Å². The molecule has 6 nitrogen and oxygen atoms in total. The van der Waals surface area contributed by atoms with Crippen molar-refractivity contribution < 1.29 is 14.3 Å². The zero-order valence-electron chi connectivity index (χ0n) is 14.0. The molecule has 1 heterocycles. The molecule has 2 aromatic rings. The standard InChI is InChI=1S/C19H19N3O3/c1-12(23)20-19(25-2)17-18(24)21-15-11-7-6-10-14(15)16(22-17)13-8-4-3-5-9-13/h3-11,16,22H,1-2H3,(H,20,23)(H,21,24)/b19-17-/t16-/m0/s1. The van der Waals surface area contributed by atoms with Crippen LogP contribution < -0.4 is 16.0 Å². The second kappa shape index (κ2) is 7.09. The van der Waals surface area contributed by atoms with E-state index in [9.17, 15) is 9.59 Å². The minimum absolute atomic E-state index is 0.0822. The first kappa shape index (κ1) is 16.6. The molecule has 1 aliphatic heterocycles. The third-order valence-electron chi connectivity index (χ3n) is 3.89. The predicted octanol–water partition coefficient (Wildman–Crippen LogP) is 2.27. The second-order valence-electron chi connectivity index (χ2n) is 5.62. The van der Waals surface area contributed by atoms with E-state index in [2.05, 4.69) is 16.0 Å². The van der Waals surface area contributed by atoms with E-state index in [0.29, 0.717) is 5.69 Å². The number of anilines is 1. The van der Waals surface area contributed by atoms with Gasteiger partial charge in [0.2, 0.25) is 11.8 Å². The number of hydrogen-bond donors (Lipinski definition) is 3. The maximum Gasteiger partial charge on any atom is 0.277 e. The number of carbonyl (C=O) groups excluding carboxylic acids is 2. The first-order valence-corrected chi connectivity index (χ1v) is 7.87. The number of fused-ring (bicyclic) bond motifs is 1. The number of nitrogens with one attached hydrogen (secondary N) is 3. The molecular weight excluding hydrogens is 318 g/mol. The molecular formula is C19H19N3O3. The fraction of sp³-hybridized carbons (Fsp3) is 0.158. The maximum absolute atomic E-state index is 12.7. The fourth-order valence-corrected chi connectivity index (χ4v) is 2.79. The van der Waals surface area contributed by atoms with Crippen LogP contribution in [0.25, 0.3) is 0 Å². The van der Waals surface area contributed by atoms with Crippen LogP contribution in [0.1, 0.15) is 24.1 Å². The van der Waals surface area contributed by atoms with E-state index in [1.165, 1.54) is 14.0 Å². The smallest absolute Gasteiger partial charge is 0.277 e. The Morgan fingerprint density at radius 3 is 2.44 bits per heavy atom. The van der Waals surface area contributed by atoms with Crippen LogP contribution in [0.2, 0.25) is 0 Å². The summed E-state index contributed by atoms with van der Waals surface area (Å²) in [5, 5.41) is 8.64. The fourth-order valence-electron chi connectivity index (χ4n) is 2.79. The van der Waals surface area contributed by atoms with Crippen molar-refractivity contribution in [2.45, 2.75) is 13.0 Å². The van der Waals surface area contributed by atoms with Crippen LogP contribution in [0.4, 0.5) is 5.69 Å².